The largest absolute Gasteiger partial charge is 0.497 e. The number of nitrogens with zero attached hydrogens (tertiary/aromatic N) is 2. The molecule has 0 spiro atoms. The van der Waals surface area contributed by atoms with Gasteiger partial charge in [-0.3, -0.25) is 4.79 Å². The number of nitrogens with one attached hydrogen (secondary N) is 1. The van der Waals surface area contributed by atoms with Gasteiger partial charge < -0.3 is 19.2 Å². The third-order valence-corrected chi connectivity index (χ3v) is 5.19. The Bertz CT molecular complexity index is 974. The van der Waals surface area contributed by atoms with E-state index >= 15 is 0 Å². The van der Waals surface area contributed by atoms with Gasteiger partial charge in [0.25, 0.3) is 5.22 Å². The van der Waals surface area contributed by atoms with Gasteiger partial charge >= 0.3 is 0 Å². The summed E-state index contributed by atoms with van der Waals surface area (Å²) >= 11 is 13.1. The number of methoxy groups -OCH3 is 2. The smallest absolute Gasteiger partial charge is 0.277 e. The average Bonchev–Trinajstić information content (AvgIpc) is 3.18. The fourth-order valence-electron chi connectivity index (χ4n) is 2.23. The molecule has 0 fully saturated rings. The summed E-state index contributed by atoms with van der Waals surface area (Å²) in [6.45, 7) is 0. The Balaban J connectivity index is 1.65. The van der Waals surface area contributed by atoms with Crippen LogP contribution in [0.5, 0.6) is 11.5 Å². The van der Waals surface area contributed by atoms with Gasteiger partial charge in [0, 0.05) is 11.6 Å². The van der Waals surface area contributed by atoms with Gasteiger partial charge in [-0.1, -0.05) is 41.0 Å². The van der Waals surface area contributed by atoms with E-state index in [-0.39, 0.29) is 27.8 Å². The van der Waals surface area contributed by atoms with Gasteiger partial charge in [-0.25, -0.2) is 0 Å². The first-order chi connectivity index (χ1) is 13.5. The first-order valence-electron chi connectivity index (χ1n) is 7.93. The molecule has 1 aromatic heterocycles. The SMILES string of the molecule is COc1cc(OC)cc(-c2nnc(SCC(=O)Nc3cccc(Cl)c3Cl)o2)c1. The minimum Gasteiger partial charge on any atom is -0.497 e. The number of hydrogen-bond donors (Lipinski definition) is 1. The van der Waals surface area contributed by atoms with Crippen molar-refractivity contribution in [2.45, 2.75) is 5.22 Å². The van der Waals surface area contributed by atoms with Crippen LogP contribution >= 0.6 is 35.0 Å². The molecule has 0 radical (unpaired) electrons. The molecule has 3 aromatic rings. The lowest BCUT2D eigenvalue weighted by atomic mass is 10.2. The zero-order valence-electron chi connectivity index (χ0n) is 14.9. The van der Waals surface area contributed by atoms with E-state index in [9.17, 15) is 4.79 Å². The topological polar surface area (TPSA) is 86.5 Å². The number of hydrogen-bond acceptors (Lipinski definition) is 7. The quantitative estimate of drug-likeness (QED) is 0.529. The van der Waals surface area contributed by atoms with E-state index in [4.69, 9.17) is 37.1 Å². The molecule has 0 saturated heterocycles. The second-order valence-electron chi connectivity index (χ2n) is 5.41. The molecule has 0 aliphatic rings. The van der Waals surface area contributed by atoms with E-state index < -0.39 is 0 Å². The van der Waals surface area contributed by atoms with Crippen molar-refractivity contribution < 1.29 is 18.7 Å². The second kappa shape index (κ2) is 9.18. The predicted octanol–water partition coefficient (Wildman–Crippen LogP) is 4.79. The molecule has 1 amide bonds. The predicted molar refractivity (Wildman–Crippen MR) is 109 cm³/mol. The van der Waals surface area contributed by atoms with E-state index in [1.807, 2.05) is 0 Å². The molecule has 0 bridgehead atoms. The normalized spacial score (nSPS) is 10.6. The summed E-state index contributed by atoms with van der Waals surface area (Å²) in [4.78, 5) is 12.1. The van der Waals surface area contributed by atoms with Crippen LogP contribution in [0, 0.1) is 0 Å². The second-order valence-corrected chi connectivity index (χ2v) is 7.12. The van der Waals surface area contributed by atoms with Gasteiger partial charge in [0.2, 0.25) is 11.8 Å². The Morgan fingerprint density at radius 1 is 1.14 bits per heavy atom. The molecule has 0 saturated carbocycles. The van der Waals surface area contributed by atoms with Crippen molar-refractivity contribution in [3.8, 4) is 23.0 Å². The van der Waals surface area contributed by atoms with Crippen molar-refractivity contribution >= 4 is 46.6 Å². The lowest BCUT2D eigenvalue weighted by Crippen LogP contribution is -2.14. The number of carbonyl (C=O) groups is 1. The van der Waals surface area contributed by atoms with E-state index in [1.165, 1.54) is 0 Å². The van der Waals surface area contributed by atoms with Crippen molar-refractivity contribution in [1.29, 1.82) is 0 Å². The maximum absolute atomic E-state index is 12.1. The number of amides is 1. The zero-order chi connectivity index (χ0) is 20.1. The Morgan fingerprint density at radius 3 is 2.54 bits per heavy atom. The highest BCUT2D eigenvalue weighted by Gasteiger charge is 2.14. The molecule has 1 heterocycles. The van der Waals surface area contributed by atoms with E-state index in [0.29, 0.717) is 27.8 Å². The van der Waals surface area contributed by atoms with E-state index in [1.54, 1.807) is 50.6 Å². The summed E-state index contributed by atoms with van der Waals surface area (Å²) in [5, 5.41) is 11.6. The number of rotatable bonds is 7. The van der Waals surface area contributed by atoms with Gasteiger partial charge in [-0.2, -0.15) is 0 Å². The molecule has 0 atom stereocenters. The number of ether oxygens (including phenoxy) is 2. The van der Waals surface area contributed by atoms with Crippen LogP contribution in [0.2, 0.25) is 10.0 Å². The number of halogens is 2. The van der Waals surface area contributed by atoms with Crippen LogP contribution in [0.1, 0.15) is 0 Å². The highest BCUT2D eigenvalue weighted by Crippen LogP contribution is 2.31. The van der Waals surface area contributed by atoms with Crippen molar-refractivity contribution in [1.82, 2.24) is 10.2 Å². The number of anilines is 1. The van der Waals surface area contributed by atoms with E-state index in [0.717, 1.165) is 11.8 Å². The maximum atomic E-state index is 12.1. The Kier molecular flexibility index (Phi) is 6.66. The number of carbonyl (C=O) groups excluding carboxylic acids is 1. The fraction of sp³-hybridized carbons (Fsp3) is 0.167. The molecule has 2 aromatic carbocycles. The molecule has 28 heavy (non-hydrogen) atoms. The summed E-state index contributed by atoms with van der Waals surface area (Å²) < 4.78 is 16.1. The fourth-order valence-corrected chi connectivity index (χ4v) is 3.14. The molecule has 146 valence electrons. The Labute approximate surface area is 175 Å². The van der Waals surface area contributed by atoms with Crippen molar-refractivity contribution in [3.05, 3.63) is 46.4 Å². The van der Waals surface area contributed by atoms with Crippen LogP contribution in [0.3, 0.4) is 0 Å². The van der Waals surface area contributed by atoms with Gasteiger partial charge in [0.15, 0.2) is 0 Å². The average molecular weight is 440 g/mol. The number of thioether (sulfide) groups is 1. The number of benzene rings is 2. The summed E-state index contributed by atoms with van der Waals surface area (Å²) in [6.07, 6.45) is 0. The zero-order valence-corrected chi connectivity index (χ0v) is 17.2. The standard InChI is InChI=1S/C18H15Cl2N3O4S/c1-25-11-6-10(7-12(8-11)26-2)17-22-23-18(27-17)28-9-15(24)21-14-5-3-4-13(19)16(14)20/h3-8H,9H2,1-2H3,(H,21,24). The van der Waals surface area contributed by atoms with Crippen LogP contribution in [0.4, 0.5) is 5.69 Å². The molecule has 10 heteroatoms. The van der Waals surface area contributed by atoms with Crippen molar-refractivity contribution in [2.75, 3.05) is 25.3 Å². The lowest BCUT2D eigenvalue weighted by molar-refractivity contribution is -0.113. The molecule has 0 aliphatic heterocycles. The van der Waals surface area contributed by atoms with Crippen LogP contribution in [0.25, 0.3) is 11.5 Å². The molecule has 7 nitrogen and oxygen atoms in total. The van der Waals surface area contributed by atoms with Crippen LogP contribution in [-0.4, -0.2) is 36.1 Å². The molecule has 0 aliphatic carbocycles. The molecule has 0 unspecified atom stereocenters. The third-order valence-electron chi connectivity index (χ3n) is 3.56. The van der Waals surface area contributed by atoms with Gasteiger partial charge in [-0.05, 0) is 24.3 Å². The molecule has 1 N–H and O–H groups in total. The van der Waals surface area contributed by atoms with Crippen molar-refractivity contribution in [2.24, 2.45) is 0 Å². The third kappa shape index (κ3) is 4.89. The summed E-state index contributed by atoms with van der Waals surface area (Å²) in [5.74, 6) is 1.26. The summed E-state index contributed by atoms with van der Waals surface area (Å²) in [7, 11) is 3.11. The van der Waals surface area contributed by atoms with Crippen molar-refractivity contribution in [3.63, 3.8) is 0 Å². The Morgan fingerprint density at radius 2 is 1.86 bits per heavy atom. The lowest BCUT2D eigenvalue weighted by Gasteiger charge is -2.07. The molecule has 3 rings (SSSR count). The van der Waals surface area contributed by atoms with Crippen LogP contribution in [-0.2, 0) is 4.79 Å². The van der Waals surface area contributed by atoms with Gasteiger partial charge in [-0.15, -0.1) is 10.2 Å². The van der Waals surface area contributed by atoms with Gasteiger partial charge in [0.1, 0.15) is 11.5 Å². The maximum Gasteiger partial charge on any atom is 0.277 e. The van der Waals surface area contributed by atoms with Crippen LogP contribution < -0.4 is 14.8 Å². The summed E-state index contributed by atoms with van der Waals surface area (Å²) in [6, 6.07) is 10.2. The number of aromatic nitrogens is 2. The molecular formula is C18H15Cl2N3O4S. The van der Waals surface area contributed by atoms with E-state index in [2.05, 4.69) is 15.5 Å². The Hall–Kier alpha value is -2.42. The molecular weight excluding hydrogens is 425 g/mol. The van der Waals surface area contributed by atoms with Gasteiger partial charge in [0.05, 0.1) is 35.7 Å². The first kappa shape index (κ1) is 20.3. The van der Waals surface area contributed by atoms with Crippen LogP contribution in [0.15, 0.2) is 46.0 Å². The highest BCUT2D eigenvalue weighted by atomic mass is 35.5. The minimum absolute atomic E-state index is 0.0614. The first-order valence-corrected chi connectivity index (χ1v) is 9.68. The highest BCUT2D eigenvalue weighted by molar-refractivity contribution is 7.99. The summed E-state index contributed by atoms with van der Waals surface area (Å²) in [5.41, 5.74) is 1.08. The monoisotopic (exact) mass is 439 g/mol. The minimum atomic E-state index is -0.281.